The van der Waals surface area contributed by atoms with Crippen LogP contribution < -0.4 is 11.1 Å². The first-order valence-electron chi connectivity index (χ1n) is 6.68. The number of hydrogen-bond acceptors (Lipinski definition) is 3. The number of nitrogen functional groups attached to an aromatic ring is 1. The molecule has 1 aliphatic carbocycles. The van der Waals surface area contributed by atoms with Crippen LogP contribution in [0.2, 0.25) is 0 Å². The van der Waals surface area contributed by atoms with Crippen LogP contribution in [0.4, 0.5) is 14.5 Å². The number of rotatable bonds is 3. The van der Waals surface area contributed by atoms with Gasteiger partial charge in [-0.1, -0.05) is 6.42 Å². The van der Waals surface area contributed by atoms with Crippen molar-refractivity contribution in [3.63, 3.8) is 0 Å². The summed E-state index contributed by atoms with van der Waals surface area (Å²) >= 11 is 0. The molecule has 1 aromatic carbocycles. The number of nitrogens with one attached hydrogen (secondary N) is 1. The monoisotopic (exact) mass is 284 g/mol. The summed E-state index contributed by atoms with van der Waals surface area (Å²) in [5, 5.41) is 12.2. The van der Waals surface area contributed by atoms with Crippen LogP contribution in [0.1, 0.15) is 36.0 Å². The smallest absolute Gasteiger partial charge is 0.254 e. The molecule has 0 aromatic heterocycles. The Morgan fingerprint density at radius 1 is 1.35 bits per heavy atom. The molecule has 4 N–H and O–H groups in total. The molecule has 2 unspecified atom stereocenters. The van der Waals surface area contributed by atoms with Gasteiger partial charge in [0, 0.05) is 12.6 Å². The molecule has 0 aliphatic heterocycles. The molecule has 6 heteroatoms. The maximum absolute atomic E-state index is 13.5. The van der Waals surface area contributed by atoms with E-state index in [1.165, 1.54) is 0 Å². The normalized spacial score (nSPS) is 22.6. The minimum absolute atomic E-state index is 0.184. The Bertz CT molecular complexity index is 508. The molecule has 1 saturated carbocycles. The van der Waals surface area contributed by atoms with E-state index in [0.29, 0.717) is 19.0 Å². The molecule has 2 rings (SSSR count). The molecule has 1 amide bonds. The van der Waals surface area contributed by atoms with Gasteiger partial charge in [0.05, 0.1) is 17.4 Å². The van der Waals surface area contributed by atoms with Crippen molar-refractivity contribution in [2.75, 3.05) is 12.3 Å². The molecule has 0 spiro atoms. The summed E-state index contributed by atoms with van der Waals surface area (Å²) in [4.78, 5) is 11.9. The second-order valence-corrected chi connectivity index (χ2v) is 5.25. The van der Waals surface area contributed by atoms with Gasteiger partial charge in [-0.3, -0.25) is 4.79 Å². The van der Waals surface area contributed by atoms with Crippen molar-refractivity contribution in [1.82, 2.24) is 5.32 Å². The molecule has 20 heavy (non-hydrogen) atoms. The Hall–Kier alpha value is -1.69. The largest absolute Gasteiger partial charge is 0.396 e. The number of nitrogens with two attached hydrogens (primary N) is 1. The molecule has 4 nitrogen and oxygen atoms in total. The quantitative estimate of drug-likeness (QED) is 0.741. The third-order valence-corrected chi connectivity index (χ3v) is 3.64. The zero-order valence-corrected chi connectivity index (χ0v) is 11.0. The fourth-order valence-electron chi connectivity index (χ4n) is 2.52. The van der Waals surface area contributed by atoms with Crippen molar-refractivity contribution in [3.05, 3.63) is 29.3 Å². The van der Waals surface area contributed by atoms with Gasteiger partial charge in [0.25, 0.3) is 5.91 Å². The van der Waals surface area contributed by atoms with Crippen LogP contribution in [0, 0.1) is 17.6 Å². The summed E-state index contributed by atoms with van der Waals surface area (Å²) in [6.45, 7) is 0.368. The summed E-state index contributed by atoms with van der Waals surface area (Å²) in [6, 6.07) is 1.60. The van der Waals surface area contributed by atoms with E-state index in [0.717, 1.165) is 25.3 Å². The van der Waals surface area contributed by atoms with Gasteiger partial charge in [0.15, 0.2) is 0 Å². The van der Waals surface area contributed by atoms with Gasteiger partial charge in [-0.05, 0) is 31.2 Å². The number of benzene rings is 1. The highest BCUT2D eigenvalue weighted by Crippen LogP contribution is 2.23. The van der Waals surface area contributed by atoms with Gasteiger partial charge < -0.3 is 16.2 Å². The number of halogens is 2. The lowest BCUT2D eigenvalue weighted by Crippen LogP contribution is -2.33. The molecule has 0 bridgehead atoms. The van der Waals surface area contributed by atoms with Crippen molar-refractivity contribution in [1.29, 1.82) is 0 Å². The molecule has 0 saturated heterocycles. The average molecular weight is 284 g/mol. The van der Waals surface area contributed by atoms with Gasteiger partial charge in [-0.25, -0.2) is 8.78 Å². The highest BCUT2D eigenvalue weighted by Gasteiger charge is 2.21. The topological polar surface area (TPSA) is 75.4 Å². The first-order valence-corrected chi connectivity index (χ1v) is 6.68. The van der Waals surface area contributed by atoms with E-state index in [9.17, 15) is 18.7 Å². The van der Waals surface area contributed by atoms with Gasteiger partial charge >= 0.3 is 0 Å². The average Bonchev–Trinajstić information content (AvgIpc) is 2.40. The standard InChI is InChI=1S/C14H18F2N2O2/c15-11-6-12(16)13(17)5-10(11)14(20)18-7-8-2-1-3-9(19)4-8/h5-6,8-9,19H,1-4,7,17H2,(H,18,20). The molecular weight excluding hydrogens is 266 g/mol. The van der Waals surface area contributed by atoms with Crippen LogP contribution in [0.25, 0.3) is 0 Å². The Morgan fingerprint density at radius 2 is 2.10 bits per heavy atom. The van der Waals surface area contributed by atoms with E-state index in [2.05, 4.69) is 5.32 Å². The lowest BCUT2D eigenvalue weighted by atomic mass is 9.87. The Labute approximate surface area is 116 Å². The van der Waals surface area contributed by atoms with Crippen molar-refractivity contribution in [3.8, 4) is 0 Å². The number of aliphatic hydroxyl groups is 1. The lowest BCUT2D eigenvalue weighted by molar-refractivity contribution is 0.0871. The molecule has 0 heterocycles. The lowest BCUT2D eigenvalue weighted by Gasteiger charge is -2.25. The minimum atomic E-state index is -0.933. The molecule has 1 aliphatic rings. The Morgan fingerprint density at radius 3 is 2.80 bits per heavy atom. The second kappa shape index (κ2) is 6.17. The van der Waals surface area contributed by atoms with Crippen LogP contribution in [-0.2, 0) is 0 Å². The fraction of sp³-hybridized carbons (Fsp3) is 0.500. The Kier molecular flexibility index (Phi) is 4.54. The van der Waals surface area contributed by atoms with Crippen LogP contribution in [-0.4, -0.2) is 23.7 Å². The SMILES string of the molecule is Nc1cc(C(=O)NCC2CCCC(O)C2)c(F)cc1F. The predicted octanol–water partition coefficient (Wildman–Crippen LogP) is 1.83. The van der Waals surface area contributed by atoms with Crippen LogP contribution in [0.5, 0.6) is 0 Å². The van der Waals surface area contributed by atoms with E-state index >= 15 is 0 Å². The number of hydrogen-bond donors (Lipinski definition) is 3. The maximum atomic E-state index is 13.5. The maximum Gasteiger partial charge on any atom is 0.254 e. The number of carbonyl (C=O) groups is 1. The zero-order chi connectivity index (χ0) is 14.7. The molecule has 1 aromatic rings. The van der Waals surface area contributed by atoms with Crippen LogP contribution in [0.15, 0.2) is 12.1 Å². The molecule has 110 valence electrons. The molecular formula is C14H18F2N2O2. The Balaban J connectivity index is 1.96. The van der Waals surface area contributed by atoms with Crippen molar-refractivity contribution < 1.29 is 18.7 Å². The molecule has 1 fully saturated rings. The minimum Gasteiger partial charge on any atom is -0.396 e. The molecule has 2 atom stereocenters. The second-order valence-electron chi connectivity index (χ2n) is 5.25. The summed E-state index contributed by atoms with van der Waals surface area (Å²) < 4.78 is 26.5. The van der Waals surface area contributed by atoms with Crippen LogP contribution in [0.3, 0.4) is 0 Å². The molecule has 0 radical (unpaired) electrons. The third-order valence-electron chi connectivity index (χ3n) is 3.64. The summed E-state index contributed by atoms with van der Waals surface area (Å²) in [6.07, 6.45) is 2.93. The van der Waals surface area contributed by atoms with Gasteiger partial charge in [0.1, 0.15) is 11.6 Å². The van der Waals surface area contributed by atoms with E-state index in [1.807, 2.05) is 0 Å². The number of aliphatic hydroxyl groups excluding tert-OH is 1. The van der Waals surface area contributed by atoms with E-state index in [4.69, 9.17) is 5.73 Å². The third kappa shape index (κ3) is 3.45. The summed E-state index contributed by atoms with van der Waals surface area (Å²) in [5.74, 6) is -2.25. The highest BCUT2D eigenvalue weighted by atomic mass is 19.1. The van der Waals surface area contributed by atoms with Gasteiger partial charge in [-0.2, -0.15) is 0 Å². The highest BCUT2D eigenvalue weighted by molar-refractivity contribution is 5.95. The predicted molar refractivity (Wildman–Crippen MR) is 71.1 cm³/mol. The van der Waals surface area contributed by atoms with E-state index in [-0.39, 0.29) is 23.3 Å². The van der Waals surface area contributed by atoms with Crippen molar-refractivity contribution in [2.45, 2.75) is 31.8 Å². The summed E-state index contributed by atoms with van der Waals surface area (Å²) in [5.41, 5.74) is 4.81. The first-order chi connectivity index (χ1) is 9.47. The number of amides is 1. The number of anilines is 1. The zero-order valence-electron chi connectivity index (χ0n) is 11.0. The first kappa shape index (κ1) is 14.7. The number of carbonyl (C=O) groups excluding carboxylic acids is 1. The van der Waals surface area contributed by atoms with Gasteiger partial charge in [-0.15, -0.1) is 0 Å². The van der Waals surface area contributed by atoms with Crippen molar-refractivity contribution >= 4 is 11.6 Å². The van der Waals surface area contributed by atoms with E-state index < -0.39 is 17.5 Å². The van der Waals surface area contributed by atoms with Crippen LogP contribution >= 0.6 is 0 Å². The van der Waals surface area contributed by atoms with E-state index in [1.54, 1.807) is 0 Å². The summed E-state index contributed by atoms with van der Waals surface area (Å²) in [7, 11) is 0. The van der Waals surface area contributed by atoms with Gasteiger partial charge in [0.2, 0.25) is 0 Å². The fourth-order valence-corrected chi connectivity index (χ4v) is 2.52. The van der Waals surface area contributed by atoms with Crippen molar-refractivity contribution in [2.24, 2.45) is 5.92 Å².